The lowest BCUT2D eigenvalue weighted by Gasteiger charge is -2.10. The fourth-order valence-corrected chi connectivity index (χ4v) is 4.59. The van der Waals surface area contributed by atoms with Crippen LogP contribution in [0.3, 0.4) is 0 Å². The number of alkyl halides is 1. The lowest BCUT2D eigenvalue weighted by atomic mass is 10.1. The zero-order valence-corrected chi connectivity index (χ0v) is 13.3. The predicted molar refractivity (Wildman–Crippen MR) is 79.0 cm³/mol. The molecule has 0 spiro atoms. The maximum Gasteiger partial charge on any atom is 0.0750 e. The van der Waals surface area contributed by atoms with Gasteiger partial charge in [0.1, 0.15) is 0 Å². The van der Waals surface area contributed by atoms with Crippen molar-refractivity contribution in [1.29, 1.82) is 0 Å². The summed E-state index contributed by atoms with van der Waals surface area (Å²) in [5.41, 5.74) is 2.37. The van der Waals surface area contributed by atoms with E-state index in [1.54, 1.807) is 11.3 Å². The highest BCUT2D eigenvalue weighted by atomic mass is 79.9. The van der Waals surface area contributed by atoms with Crippen molar-refractivity contribution in [3.63, 3.8) is 0 Å². The number of benzene rings is 1. The molecule has 0 nitrogen and oxygen atoms in total. The molecule has 4 heteroatoms. The van der Waals surface area contributed by atoms with Gasteiger partial charge >= 0.3 is 0 Å². The highest BCUT2D eigenvalue weighted by Crippen LogP contribution is 2.39. The zero-order chi connectivity index (χ0) is 11.7. The highest BCUT2D eigenvalue weighted by molar-refractivity contribution is 9.11. The second kappa shape index (κ2) is 5.21. The van der Waals surface area contributed by atoms with E-state index in [1.807, 2.05) is 12.1 Å². The molecule has 0 amide bonds. The first-order valence-corrected chi connectivity index (χ1v) is 7.68. The molecule has 0 saturated carbocycles. The molecule has 1 unspecified atom stereocenters. The number of aryl methyl sites for hydroxylation is 1. The Bertz CT molecular complexity index is 487. The molecule has 0 radical (unpaired) electrons. The molecule has 0 saturated heterocycles. The van der Waals surface area contributed by atoms with Crippen LogP contribution in [0.15, 0.2) is 34.1 Å². The summed E-state index contributed by atoms with van der Waals surface area (Å²) in [5.74, 6) is 0. The topological polar surface area (TPSA) is 0 Å². The van der Waals surface area contributed by atoms with E-state index in [-0.39, 0.29) is 4.83 Å². The van der Waals surface area contributed by atoms with Crippen LogP contribution in [0.5, 0.6) is 0 Å². The second-order valence-corrected chi connectivity index (χ2v) is 6.71. The maximum absolute atomic E-state index is 6.07. The van der Waals surface area contributed by atoms with Gasteiger partial charge in [0.25, 0.3) is 0 Å². The predicted octanol–water partition coefficient (Wildman–Crippen LogP) is 5.96. The molecule has 84 valence electrons. The van der Waals surface area contributed by atoms with Crippen LogP contribution in [0.4, 0.5) is 0 Å². The summed E-state index contributed by atoms with van der Waals surface area (Å²) in [6.07, 6.45) is 0. The third kappa shape index (κ3) is 2.70. The fraction of sp³-hybridized carbons (Fsp3) is 0.167. The van der Waals surface area contributed by atoms with Gasteiger partial charge in [0, 0.05) is 14.4 Å². The van der Waals surface area contributed by atoms with E-state index in [2.05, 4.69) is 56.3 Å². The quantitative estimate of drug-likeness (QED) is 0.564. The molecular formula is C12H9Br2ClS. The van der Waals surface area contributed by atoms with Gasteiger partial charge in [-0.25, -0.2) is 0 Å². The van der Waals surface area contributed by atoms with E-state index in [4.69, 9.17) is 11.6 Å². The molecule has 0 fully saturated rings. The number of thiophene rings is 1. The summed E-state index contributed by atoms with van der Waals surface area (Å²) in [6.45, 7) is 2.05. The minimum absolute atomic E-state index is 0.194. The lowest BCUT2D eigenvalue weighted by molar-refractivity contribution is 1.20. The Morgan fingerprint density at radius 1 is 1.31 bits per heavy atom. The Hall–Kier alpha value is 0.170. The van der Waals surface area contributed by atoms with Crippen molar-refractivity contribution < 1.29 is 0 Å². The van der Waals surface area contributed by atoms with Crippen molar-refractivity contribution in [3.05, 3.63) is 55.1 Å². The second-order valence-electron chi connectivity index (χ2n) is 3.56. The van der Waals surface area contributed by atoms with Gasteiger partial charge in [0.15, 0.2) is 0 Å². The van der Waals surface area contributed by atoms with E-state index in [1.165, 1.54) is 16.0 Å². The summed E-state index contributed by atoms with van der Waals surface area (Å²) in [4.78, 5) is 1.46. The van der Waals surface area contributed by atoms with E-state index in [0.29, 0.717) is 0 Å². The van der Waals surface area contributed by atoms with Crippen LogP contribution in [-0.4, -0.2) is 0 Å². The van der Waals surface area contributed by atoms with Crippen LogP contribution < -0.4 is 0 Å². The summed E-state index contributed by atoms with van der Waals surface area (Å²) in [5, 5.41) is 2.86. The molecule has 1 aromatic carbocycles. The van der Waals surface area contributed by atoms with Crippen molar-refractivity contribution in [2.75, 3.05) is 0 Å². The van der Waals surface area contributed by atoms with E-state index in [9.17, 15) is 0 Å². The van der Waals surface area contributed by atoms with Gasteiger partial charge in [0.05, 0.1) is 4.83 Å². The van der Waals surface area contributed by atoms with Crippen LogP contribution in [0.2, 0.25) is 5.02 Å². The average Bonchev–Trinajstić information content (AvgIpc) is 2.62. The fourth-order valence-electron chi connectivity index (χ4n) is 1.55. The average molecular weight is 381 g/mol. The molecule has 2 rings (SSSR count). The van der Waals surface area contributed by atoms with Gasteiger partial charge in [-0.3, -0.25) is 0 Å². The van der Waals surface area contributed by atoms with Gasteiger partial charge in [-0.05, 0) is 57.6 Å². The number of hydrogen-bond acceptors (Lipinski definition) is 1. The molecular weight excluding hydrogens is 371 g/mol. The Labute approximate surface area is 121 Å². The van der Waals surface area contributed by atoms with Crippen molar-refractivity contribution >= 4 is 54.8 Å². The monoisotopic (exact) mass is 378 g/mol. The van der Waals surface area contributed by atoms with Gasteiger partial charge in [-0.1, -0.05) is 33.6 Å². The van der Waals surface area contributed by atoms with Crippen LogP contribution in [0.1, 0.15) is 20.8 Å². The van der Waals surface area contributed by atoms with Crippen LogP contribution in [0, 0.1) is 6.92 Å². The minimum atomic E-state index is 0.194. The molecule has 0 aliphatic carbocycles. The molecule has 0 aliphatic rings. The third-order valence-corrected chi connectivity index (χ3v) is 5.68. The normalized spacial score (nSPS) is 12.8. The molecule has 16 heavy (non-hydrogen) atoms. The summed E-state index contributed by atoms with van der Waals surface area (Å²) in [6, 6.07) is 8.18. The SMILES string of the molecule is Cc1cc(Cl)cc(C(Br)c2sccc2Br)c1. The van der Waals surface area contributed by atoms with Gasteiger partial charge in [-0.2, -0.15) is 0 Å². The van der Waals surface area contributed by atoms with Crippen molar-refractivity contribution in [2.45, 2.75) is 11.8 Å². The first-order chi connectivity index (χ1) is 7.58. The van der Waals surface area contributed by atoms with Crippen LogP contribution in [0.25, 0.3) is 0 Å². The number of hydrogen-bond donors (Lipinski definition) is 0. The Kier molecular flexibility index (Phi) is 4.11. The molecule has 1 aromatic heterocycles. The summed E-state index contributed by atoms with van der Waals surface area (Å²) < 4.78 is 1.14. The highest BCUT2D eigenvalue weighted by Gasteiger charge is 2.15. The molecule has 0 N–H and O–H groups in total. The smallest absolute Gasteiger partial charge is 0.0750 e. The van der Waals surface area contributed by atoms with Crippen LogP contribution >= 0.6 is 54.8 Å². The zero-order valence-electron chi connectivity index (χ0n) is 8.51. The van der Waals surface area contributed by atoms with Crippen LogP contribution in [-0.2, 0) is 0 Å². The minimum Gasteiger partial charge on any atom is -0.146 e. The van der Waals surface area contributed by atoms with Gasteiger partial charge in [0.2, 0.25) is 0 Å². The molecule has 1 atom stereocenters. The Morgan fingerprint density at radius 3 is 2.62 bits per heavy atom. The number of rotatable bonds is 2. The standard InChI is InChI=1S/C12H9Br2ClS/c1-7-4-8(6-9(15)5-7)11(14)12-10(13)2-3-16-12/h2-6,11H,1H3. The molecule has 1 heterocycles. The first-order valence-electron chi connectivity index (χ1n) is 4.72. The van der Waals surface area contributed by atoms with Crippen molar-refractivity contribution in [3.8, 4) is 0 Å². The lowest BCUT2D eigenvalue weighted by Crippen LogP contribution is -1.91. The number of halogens is 3. The van der Waals surface area contributed by atoms with Crippen molar-refractivity contribution in [1.82, 2.24) is 0 Å². The molecule has 2 aromatic rings. The van der Waals surface area contributed by atoms with E-state index < -0.39 is 0 Å². The Morgan fingerprint density at radius 2 is 2.06 bits per heavy atom. The maximum atomic E-state index is 6.07. The van der Waals surface area contributed by atoms with Gasteiger partial charge in [-0.15, -0.1) is 11.3 Å². The third-order valence-electron chi connectivity index (χ3n) is 2.23. The van der Waals surface area contributed by atoms with Gasteiger partial charge < -0.3 is 0 Å². The summed E-state index contributed by atoms with van der Waals surface area (Å²) >= 11 is 15.1. The summed E-state index contributed by atoms with van der Waals surface area (Å²) in [7, 11) is 0. The molecule has 0 bridgehead atoms. The van der Waals surface area contributed by atoms with E-state index in [0.717, 1.165) is 9.50 Å². The van der Waals surface area contributed by atoms with Crippen molar-refractivity contribution in [2.24, 2.45) is 0 Å². The van der Waals surface area contributed by atoms with E-state index >= 15 is 0 Å². The first kappa shape index (κ1) is 12.6. The Balaban J connectivity index is 2.41. The molecule has 0 aliphatic heterocycles. The largest absolute Gasteiger partial charge is 0.146 e.